The lowest BCUT2D eigenvalue weighted by Gasteiger charge is -2.13. The van der Waals surface area contributed by atoms with E-state index in [1.54, 1.807) is 0 Å². The van der Waals surface area contributed by atoms with Crippen LogP contribution in [0.1, 0.15) is 43.4 Å². The predicted octanol–water partition coefficient (Wildman–Crippen LogP) is 5.16. The van der Waals surface area contributed by atoms with Crippen LogP contribution in [0.2, 0.25) is 0 Å². The van der Waals surface area contributed by atoms with E-state index in [0.29, 0.717) is 19.3 Å². The number of carbonyl (C=O) groups excluding carboxylic acids is 2. The van der Waals surface area contributed by atoms with Gasteiger partial charge < -0.3 is 0 Å². The summed E-state index contributed by atoms with van der Waals surface area (Å²) in [5, 5.41) is 0. The number of hydrogen-bond donors (Lipinski definition) is 0. The summed E-state index contributed by atoms with van der Waals surface area (Å²) in [5.74, 6) is -0.404. The molecule has 2 aromatic carbocycles. The van der Waals surface area contributed by atoms with Crippen LogP contribution >= 0.6 is 15.9 Å². The molecule has 0 aliphatic rings. The highest BCUT2D eigenvalue weighted by molar-refractivity contribution is 9.10. The molecule has 3 heteroatoms. The van der Waals surface area contributed by atoms with Crippen molar-refractivity contribution in [1.82, 2.24) is 0 Å². The second kappa shape index (κ2) is 8.93. The Morgan fingerprint density at radius 2 is 1.21 bits per heavy atom. The Morgan fingerprint density at radius 1 is 0.792 bits per heavy atom. The van der Waals surface area contributed by atoms with Gasteiger partial charge in [-0.25, -0.2) is 0 Å². The van der Waals surface area contributed by atoms with Crippen LogP contribution in [0.3, 0.4) is 0 Å². The summed E-state index contributed by atoms with van der Waals surface area (Å²) >= 11 is 3.44. The van der Waals surface area contributed by atoms with E-state index in [-0.39, 0.29) is 11.6 Å². The van der Waals surface area contributed by atoms with Crippen molar-refractivity contribution >= 4 is 27.5 Å². The lowest BCUT2D eigenvalue weighted by molar-refractivity contribution is -0.132. The molecule has 0 amide bonds. The molecule has 0 unspecified atom stereocenters. The van der Waals surface area contributed by atoms with Gasteiger partial charge in [-0.05, 0) is 41.7 Å². The van der Waals surface area contributed by atoms with E-state index in [9.17, 15) is 9.59 Å². The van der Waals surface area contributed by atoms with Gasteiger partial charge in [-0.1, -0.05) is 66.2 Å². The van der Waals surface area contributed by atoms with Gasteiger partial charge in [-0.15, -0.1) is 0 Å². The van der Waals surface area contributed by atoms with Crippen LogP contribution in [0.15, 0.2) is 53.0 Å². The van der Waals surface area contributed by atoms with Crippen molar-refractivity contribution in [3.8, 4) is 0 Å². The van der Waals surface area contributed by atoms with Crippen molar-refractivity contribution < 1.29 is 9.59 Å². The number of hydrogen-bond acceptors (Lipinski definition) is 2. The van der Waals surface area contributed by atoms with Crippen LogP contribution < -0.4 is 0 Å². The zero-order chi connectivity index (χ0) is 17.5. The molecule has 2 aromatic rings. The summed E-state index contributed by atoms with van der Waals surface area (Å²) in [7, 11) is 0. The zero-order valence-corrected chi connectivity index (χ0v) is 15.8. The summed E-state index contributed by atoms with van der Waals surface area (Å²) in [4.78, 5) is 24.1. The summed E-state index contributed by atoms with van der Waals surface area (Å²) in [6, 6.07) is 16.5. The standard InChI is InChI=1S/C21H23BrO2/c1-3-20(23)19(21(24)4-2)14-17-7-5-15(6-8-17)13-16-9-11-18(22)12-10-16/h5-12,19H,3-4,13-14H2,1-2H3. The average molecular weight is 387 g/mol. The number of benzene rings is 2. The third kappa shape index (κ3) is 5.13. The van der Waals surface area contributed by atoms with E-state index < -0.39 is 5.92 Å². The first-order valence-corrected chi connectivity index (χ1v) is 9.20. The van der Waals surface area contributed by atoms with Crippen LogP contribution in [0, 0.1) is 5.92 Å². The van der Waals surface area contributed by atoms with E-state index in [2.05, 4.69) is 40.2 Å². The molecule has 24 heavy (non-hydrogen) atoms. The Kier molecular flexibility index (Phi) is 6.92. The van der Waals surface area contributed by atoms with Crippen LogP contribution in [-0.2, 0) is 22.4 Å². The zero-order valence-electron chi connectivity index (χ0n) is 14.2. The maximum atomic E-state index is 12.0. The number of Topliss-reactive ketones (excluding diaryl/α,β-unsaturated/α-hetero) is 2. The summed E-state index contributed by atoms with van der Waals surface area (Å²) in [5.41, 5.74) is 3.52. The van der Waals surface area contributed by atoms with E-state index in [4.69, 9.17) is 0 Å². The molecular weight excluding hydrogens is 364 g/mol. The Balaban J connectivity index is 2.06. The van der Waals surface area contributed by atoms with Crippen molar-refractivity contribution in [3.05, 3.63) is 69.7 Å². The molecule has 2 nitrogen and oxygen atoms in total. The topological polar surface area (TPSA) is 34.1 Å². The SMILES string of the molecule is CCC(=O)C(Cc1ccc(Cc2ccc(Br)cc2)cc1)C(=O)CC. The second-order valence-electron chi connectivity index (χ2n) is 6.02. The summed E-state index contributed by atoms with van der Waals surface area (Å²) in [6.45, 7) is 3.64. The Hall–Kier alpha value is -1.74. The van der Waals surface area contributed by atoms with E-state index in [1.165, 1.54) is 11.1 Å². The van der Waals surface area contributed by atoms with Crippen molar-refractivity contribution in [1.29, 1.82) is 0 Å². The molecule has 0 heterocycles. The molecule has 126 valence electrons. The van der Waals surface area contributed by atoms with Gasteiger partial charge in [0.05, 0.1) is 5.92 Å². The van der Waals surface area contributed by atoms with Crippen molar-refractivity contribution in [2.45, 2.75) is 39.5 Å². The van der Waals surface area contributed by atoms with Gasteiger partial charge in [0.25, 0.3) is 0 Å². The molecule has 2 rings (SSSR count). The molecule has 0 aliphatic heterocycles. The second-order valence-corrected chi connectivity index (χ2v) is 6.93. The number of halogens is 1. The molecule has 0 saturated carbocycles. The fourth-order valence-corrected chi connectivity index (χ4v) is 3.03. The molecule has 0 bridgehead atoms. The third-order valence-corrected chi connectivity index (χ3v) is 4.79. The normalized spacial score (nSPS) is 10.8. The molecule has 0 saturated heterocycles. The minimum absolute atomic E-state index is 0.0424. The quantitative estimate of drug-likeness (QED) is 0.587. The lowest BCUT2D eigenvalue weighted by Crippen LogP contribution is -2.25. The van der Waals surface area contributed by atoms with Crippen LogP contribution in [0.5, 0.6) is 0 Å². The van der Waals surface area contributed by atoms with Gasteiger partial charge in [0.2, 0.25) is 0 Å². The minimum Gasteiger partial charge on any atom is -0.299 e. The first-order valence-electron chi connectivity index (χ1n) is 8.41. The molecule has 0 aromatic heterocycles. The van der Waals surface area contributed by atoms with Gasteiger partial charge in [-0.2, -0.15) is 0 Å². The smallest absolute Gasteiger partial charge is 0.143 e. The fourth-order valence-electron chi connectivity index (χ4n) is 2.77. The monoisotopic (exact) mass is 386 g/mol. The van der Waals surface area contributed by atoms with Gasteiger partial charge in [0.1, 0.15) is 11.6 Å². The maximum absolute atomic E-state index is 12.0. The molecule has 0 spiro atoms. The average Bonchev–Trinajstić information content (AvgIpc) is 2.61. The largest absolute Gasteiger partial charge is 0.299 e. The Morgan fingerprint density at radius 3 is 1.67 bits per heavy atom. The fraction of sp³-hybridized carbons (Fsp3) is 0.333. The highest BCUT2D eigenvalue weighted by Crippen LogP contribution is 2.18. The van der Waals surface area contributed by atoms with Gasteiger partial charge in [0, 0.05) is 17.3 Å². The summed E-state index contributed by atoms with van der Waals surface area (Å²) < 4.78 is 1.08. The highest BCUT2D eigenvalue weighted by Gasteiger charge is 2.23. The van der Waals surface area contributed by atoms with Crippen molar-refractivity contribution in [2.24, 2.45) is 5.92 Å². The molecule has 0 aliphatic carbocycles. The summed E-state index contributed by atoms with van der Waals surface area (Å²) in [6.07, 6.45) is 2.22. The third-order valence-electron chi connectivity index (χ3n) is 4.26. The van der Waals surface area contributed by atoms with Crippen LogP contribution in [0.4, 0.5) is 0 Å². The molecule has 0 radical (unpaired) electrons. The maximum Gasteiger partial charge on any atom is 0.143 e. The van der Waals surface area contributed by atoms with E-state index in [0.717, 1.165) is 16.5 Å². The van der Waals surface area contributed by atoms with Crippen LogP contribution in [0.25, 0.3) is 0 Å². The van der Waals surface area contributed by atoms with Gasteiger partial charge in [0.15, 0.2) is 0 Å². The predicted molar refractivity (Wildman–Crippen MR) is 101 cm³/mol. The van der Waals surface area contributed by atoms with Gasteiger partial charge in [-0.3, -0.25) is 9.59 Å². The number of ketones is 2. The Bertz CT molecular complexity index is 671. The highest BCUT2D eigenvalue weighted by atomic mass is 79.9. The molecule has 0 N–H and O–H groups in total. The first kappa shape index (κ1) is 18.6. The van der Waals surface area contributed by atoms with Crippen molar-refractivity contribution in [3.63, 3.8) is 0 Å². The van der Waals surface area contributed by atoms with Crippen molar-refractivity contribution in [2.75, 3.05) is 0 Å². The number of rotatable bonds is 8. The van der Waals surface area contributed by atoms with Crippen LogP contribution in [-0.4, -0.2) is 11.6 Å². The molecular formula is C21H23BrO2. The molecule has 0 atom stereocenters. The van der Waals surface area contributed by atoms with E-state index in [1.807, 2.05) is 38.1 Å². The lowest BCUT2D eigenvalue weighted by atomic mass is 9.88. The Labute approximate surface area is 152 Å². The van der Waals surface area contributed by atoms with E-state index >= 15 is 0 Å². The van der Waals surface area contributed by atoms with Gasteiger partial charge >= 0.3 is 0 Å². The first-order chi connectivity index (χ1) is 11.5. The minimum atomic E-state index is -0.489. The number of carbonyl (C=O) groups is 2. The molecule has 0 fully saturated rings.